The summed E-state index contributed by atoms with van der Waals surface area (Å²) in [6.07, 6.45) is 2.76. The van der Waals surface area contributed by atoms with Crippen molar-refractivity contribution < 1.29 is 0 Å². The van der Waals surface area contributed by atoms with Crippen molar-refractivity contribution in [1.29, 1.82) is 10.5 Å². The average Bonchev–Trinajstić information content (AvgIpc) is 2.71. The van der Waals surface area contributed by atoms with Crippen LogP contribution in [0.3, 0.4) is 0 Å². The number of benzene rings is 3. The molecule has 0 aliphatic heterocycles. The smallest absolute Gasteiger partial charge is 0.154 e. The van der Waals surface area contributed by atoms with E-state index in [0.717, 1.165) is 21.9 Å². The molecule has 0 radical (unpaired) electrons. The van der Waals surface area contributed by atoms with Crippen LogP contribution in [0.2, 0.25) is 0 Å². The second kappa shape index (κ2) is 7.68. The summed E-state index contributed by atoms with van der Waals surface area (Å²) in [5.74, 6) is -0.220. The van der Waals surface area contributed by atoms with E-state index in [1.54, 1.807) is 6.08 Å². The van der Waals surface area contributed by atoms with Crippen molar-refractivity contribution in [3.63, 3.8) is 0 Å². The van der Waals surface area contributed by atoms with Crippen LogP contribution in [-0.4, -0.2) is 0 Å². The largest absolute Gasteiger partial charge is 0.197 e. The Hall–Kier alpha value is -3.36. The minimum absolute atomic E-state index is 0.220. The fraction of sp³-hybridized carbons (Fsp3) is 0.167. The number of hydrogen-bond acceptors (Lipinski definition) is 2. The van der Waals surface area contributed by atoms with E-state index in [9.17, 15) is 10.5 Å². The van der Waals surface area contributed by atoms with Gasteiger partial charge in [0.2, 0.25) is 0 Å². The van der Waals surface area contributed by atoms with Gasteiger partial charge in [-0.3, -0.25) is 0 Å². The Morgan fingerprint density at radius 3 is 2.19 bits per heavy atom. The SMILES string of the molecule is C=CCC(c1ccccc1)C(C#N)(C#N)Cc1ccc2ccccc2c1. The first kappa shape index (κ1) is 17.5. The molecule has 0 spiro atoms. The van der Waals surface area contributed by atoms with E-state index in [-0.39, 0.29) is 5.92 Å². The van der Waals surface area contributed by atoms with E-state index in [1.165, 1.54) is 0 Å². The molecule has 3 rings (SSSR count). The molecule has 2 nitrogen and oxygen atoms in total. The van der Waals surface area contributed by atoms with Crippen LogP contribution in [0.25, 0.3) is 10.8 Å². The lowest BCUT2D eigenvalue weighted by Gasteiger charge is -2.29. The Morgan fingerprint density at radius 2 is 1.54 bits per heavy atom. The van der Waals surface area contributed by atoms with Gasteiger partial charge in [-0.2, -0.15) is 10.5 Å². The first-order valence-corrected chi connectivity index (χ1v) is 8.68. The molecule has 1 unspecified atom stereocenters. The van der Waals surface area contributed by atoms with Gasteiger partial charge in [0.1, 0.15) is 0 Å². The molecule has 0 saturated carbocycles. The molecule has 126 valence electrons. The standard InChI is InChI=1S/C24H20N2/c1-2-8-23(21-10-4-3-5-11-21)24(17-25,18-26)16-19-13-14-20-9-6-7-12-22(20)15-19/h2-7,9-15,23H,1,8,16H2. The van der Waals surface area contributed by atoms with Gasteiger partial charge in [-0.1, -0.05) is 78.9 Å². The van der Waals surface area contributed by atoms with Crippen molar-refractivity contribution >= 4 is 10.8 Å². The maximum Gasteiger partial charge on any atom is 0.154 e. The van der Waals surface area contributed by atoms with Crippen LogP contribution >= 0.6 is 0 Å². The van der Waals surface area contributed by atoms with Gasteiger partial charge in [0.25, 0.3) is 0 Å². The second-order valence-corrected chi connectivity index (χ2v) is 6.54. The Balaban J connectivity index is 2.04. The summed E-state index contributed by atoms with van der Waals surface area (Å²) in [7, 11) is 0. The molecule has 1 atom stereocenters. The Labute approximate surface area is 154 Å². The van der Waals surface area contributed by atoms with E-state index >= 15 is 0 Å². The fourth-order valence-electron chi connectivity index (χ4n) is 3.53. The quantitative estimate of drug-likeness (QED) is 0.536. The molecule has 0 amide bonds. The third-order valence-corrected chi connectivity index (χ3v) is 4.90. The maximum atomic E-state index is 10.0. The minimum atomic E-state index is -1.14. The van der Waals surface area contributed by atoms with Crippen LogP contribution in [0.4, 0.5) is 0 Å². The number of allylic oxidation sites excluding steroid dienone is 1. The predicted molar refractivity (Wildman–Crippen MR) is 105 cm³/mol. The summed E-state index contributed by atoms with van der Waals surface area (Å²) in [4.78, 5) is 0. The van der Waals surface area contributed by atoms with E-state index in [4.69, 9.17) is 0 Å². The molecule has 3 aromatic carbocycles. The number of rotatable bonds is 6. The number of hydrogen-bond donors (Lipinski definition) is 0. The Kier molecular flexibility index (Phi) is 5.16. The van der Waals surface area contributed by atoms with Crippen molar-refractivity contribution in [1.82, 2.24) is 0 Å². The van der Waals surface area contributed by atoms with Crippen LogP contribution in [0, 0.1) is 28.1 Å². The topological polar surface area (TPSA) is 47.6 Å². The molecule has 0 saturated heterocycles. The summed E-state index contributed by atoms with van der Waals surface area (Å²) in [5, 5.41) is 22.3. The van der Waals surface area contributed by atoms with Crippen LogP contribution in [-0.2, 0) is 6.42 Å². The molecule has 2 heteroatoms. The van der Waals surface area contributed by atoms with Crippen LogP contribution in [0.1, 0.15) is 23.5 Å². The van der Waals surface area contributed by atoms with Gasteiger partial charge in [-0.25, -0.2) is 0 Å². The van der Waals surface area contributed by atoms with Crippen molar-refractivity contribution in [3.05, 3.63) is 96.6 Å². The van der Waals surface area contributed by atoms with E-state index < -0.39 is 5.41 Å². The van der Waals surface area contributed by atoms with Crippen LogP contribution < -0.4 is 0 Å². The molecule has 0 N–H and O–H groups in total. The highest BCUT2D eigenvalue weighted by Gasteiger charge is 2.40. The monoisotopic (exact) mass is 336 g/mol. The van der Waals surface area contributed by atoms with Crippen molar-refractivity contribution in [2.45, 2.75) is 18.8 Å². The summed E-state index contributed by atoms with van der Waals surface area (Å²) in [6.45, 7) is 3.84. The van der Waals surface area contributed by atoms with Gasteiger partial charge < -0.3 is 0 Å². The molecule has 0 bridgehead atoms. The fourth-order valence-corrected chi connectivity index (χ4v) is 3.53. The Bertz CT molecular complexity index is 976. The highest BCUT2D eigenvalue weighted by atomic mass is 14.5. The molecule has 0 aliphatic rings. The predicted octanol–water partition coefficient (Wildman–Crippen LogP) is 5.78. The third kappa shape index (κ3) is 3.37. The summed E-state index contributed by atoms with van der Waals surface area (Å²) < 4.78 is 0. The van der Waals surface area contributed by atoms with E-state index in [1.807, 2.05) is 48.5 Å². The highest BCUT2D eigenvalue weighted by Crippen LogP contribution is 2.41. The first-order chi connectivity index (χ1) is 12.7. The number of nitriles is 2. The van der Waals surface area contributed by atoms with Gasteiger partial charge in [0, 0.05) is 12.3 Å². The minimum Gasteiger partial charge on any atom is -0.197 e. The average molecular weight is 336 g/mol. The second-order valence-electron chi connectivity index (χ2n) is 6.54. The van der Waals surface area contributed by atoms with Gasteiger partial charge >= 0.3 is 0 Å². The van der Waals surface area contributed by atoms with Crippen molar-refractivity contribution in [2.24, 2.45) is 5.41 Å². The molecular formula is C24H20N2. The van der Waals surface area contributed by atoms with E-state index in [2.05, 4.69) is 43.0 Å². The summed E-state index contributed by atoms with van der Waals surface area (Å²) in [5.41, 5.74) is 0.853. The number of nitrogens with zero attached hydrogens (tertiary/aromatic N) is 2. The van der Waals surface area contributed by atoms with Gasteiger partial charge in [-0.05, 0) is 28.3 Å². The Morgan fingerprint density at radius 1 is 0.885 bits per heavy atom. The third-order valence-electron chi connectivity index (χ3n) is 4.90. The van der Waals surface area contributed by atoms with Gasteiger partial charge in [0.05, 0.1) is 12.1 Å². The normalized spacial score (nSPS) is 12.1. The van der Waals surface area contributed by atoms with Gasteiger partial charge in [-0.15, -0.1) is 6.58 Å². The van der Waals surface area contributed by atoms with Crippen LogP contribution in [0.15, 0.2) is 85.5 Å². The zero-order valence-electron chi connectivity index (χ0n) is 14.6. The summed E-state index contributed by atoms with van der Waals surface area (Å²) >= 11 is 0. The van der Waals surface area contributed by atoms with E-state index in [0.29, 0.717) is 12.8 Å². The lowest BCUT2D eigenvalue weighted by Crippen LogP contribution is -2.28. The molecule has 0 aliphatic carbocycles. The number of fused-ring (bicyclic) bond motifs is 1. The van der Waals surface area contributed by atoms with Gasteiger partial charge in [0.15, 0.2) is 5.41 Å². The molecule has 3 aromatic rings. The zero-order valence-corrected chi connectivity index (χ0v) is 14.6. The van der Waals surface area contributed by atoms with Crippen LogP contribution in [0.5, 0.6) is 0 Å². The first-order valence-electron chi connectivity index (χ1n) is 8.68. The lowest BCUT2D eigenvalue weighted by molar-refractivity contribution is 0.408. The zero-order chi connectivity index (χ0) is 18.4. The lowest BCUT2D eigenvalue weighted by atomic mass is 9.69. The highest BCUT2D eigenvalue weighted by molar-refractivity contribution is 5.83. The molecule has 0 fully saturated rings. The van der Waals surface area contributed by atoms with Crippen molar-refractivity contribution in [3.8, 4) is 12.1 Å². The summed E-state index contributed by atoms with van der Waals surface area (Å²) in [6, 6.07) is 28.7. The molecule has 26 heavy (non-hydrogen) atoms. The molecule has 0 aromatic heterocycles. The molecular weight excluding hydrogens is 316 g/mol. The maximum absolute atomic E-state index is 10.0. The molecule has 0 heterocycles. The van der Waals surface area contributed by atoms with Crippen molar-refractivity contribution in [2.75, 3.05) is 0 Å².